The number of hydrogen-bond acceptors (Lipinski definition) is 6. The van der Waals surface area contributed by atoms with E-state index in [0.29, 0.717) is 19.3 Å². The molecule has 202 valence electrons. The molecule has 2 heterocycles. The van der Waals surface area contributed by atoms with Crippen LogP contribution in [0.15, 0.2) is 11.0 Å². The number of nitrogens with one attached hydrogen (secondary N) is 1. The quantitative estimate of drug-likeness (QED) is 0.258. The molecule has 0 spiro atoms. The largest absolute Gasteiger partial charge is 0.477 e. The van der Waals surface area contributed by atoms with Gasteiger partial charge in [-0.25, -0.2) is 13.6 Å². The fraction of sp³-hybridized carbons (Fsp3) is 0.542. The number of aromatic carboxylic acids is 1. The van der Waals surface area contributed by atoms with Gasteiger partial charge in [0.15, 0.2) is 11.6 Å². The summed E-state index contributed by atoms with van der Waals surface area (Å²) in [6, 6.07) is -0.244. The maximum atomic E-state index is 16.0. The third-order valence-electron chi connectivity index (χ3n) is 7.20. The number of hydrogen-bond donors (Lipinski definition) is 3. The predicted molar refractivity (Wildman–Crippen MR) is 126 cm³/mol. The maximum absolute atomic E-state index is 16.0. The Balaban J connectivity index is 1.65. The van der Waals surface area contributed by atoms with E-state index in [-0.39, 0.29) is 49.6 Å². The van der Waals surface area contributed by atoms with Crippen LogP contribution in [0.5, 0.6) is 0 Å². The second kappa shape index (κ2) is 9.92. The normalized spacial score (nSPS) is 20.1. The Morgan fingerprint density at radius 3 is 2.38 bits per heavy atom. The highest BCUT2D eigenvalue weighted by atomic mass is 19.4. The van der Waals surface area contributed by atoms with E-state index in [4.69, 9.17) is 5.73 Å². The molecular formula is C24H27F5N4O4. The molecule has 4 rings (SSSR count). The summed E-state index contributed by atoms with van der Waals surface area (Å²) in [6.45, 7) is 2.34. The van der Waals surface area contributed by atoms with Gasteiger partial charge in [0.25, 0.3) is 0 Å². The third kappa shape index (κ3) is 5.00. The SMILES string of the molecule is CC[C@H]1CN(c2c(F)c(N)c3c(=O)c(C(=O)O)cn(C4CC4)c3c2F)C[C@H]1CNCCC(=O)C(F)(F)F. The highest BCUT2D eigenvalue weighted by Crippen LogP contribution is 2.43. The zero-order valence-electron chi connectivity index (χ0n) is 20.0. The third-order valence-corrected chi connectivity index (χ3v) is 7.20. The van der Waals surface area contributed by atoms with Crippen LogP contribution in [-0.4, -0.2) is 53.8 Å². The summed E-state index contributed by atoms with van der Waals surface area (Å²) < 4.78 is 70.1. The maximum Gasteiger partial charge on any atom is 0.450 e. The van der Waals surface area contributed by atoms with Gasteiger partial charge in [-0.15, -0.1) is 0 Å². The number of pyridine rings is 1. The Hall–Kier alpha value is -3.22. The molecule has 2 atom stereocenters. The summed E-state index contributed by atoms with van der Waals surface area (Å²) in [5.41, 5.74) is 2.98. The van der Waals surface area contributed by atoms with Crippen LogP contribution in [0, 0.1) is 23.5 Å². The number of halogens is 5. The first-order valence-electron chi connectivity index (χ1n) is 12.0. The number of fused-ring (bicyclic) bond motifs is 1. The van der Waals surface area contributed by atoms with Gasteiger partial charge < -0.3 is 25.6 Å². The minimum atomic E-state index is -4.89. The van der Waals surface area contributed by atoms with Crippen LogP contribution in [0.3, 0.4) is 0 Å². The molecule has 37 heavy (non-hydrogen) atoms. The molecule has 13 heteroatoms. The van der Waals surface area contributed by atoms with Gasteiger partial charge in [-0.1, -0.05) is 13.3 Å². The van der Waals surface area contributed by atoms with E-state index in [2.05, 4.69) is 5.32 Å². The van der Waals surface area contributed by atoms with Crippen molar-refractivity contribution in [2.45, 2.75) is 44.8 Å². The number of nitrogens with zero attached hydrogens (tertiary/aromatic N) is 2. The molecule has 1 saturated heterocycles. The van der Waals surface area contributed by atoms with Crippen LogP contribution in [0.25, 0.3) is 10.9 Å². The fourth-order valence-corrected chi connectivity index (χ4v) is 5.07. The number of anilines is 2. The van der Waals surface area contributed by atoms with Gasteiger partial charge in [0.05, 0.1) is 16.6 Å². The molecule has 1 aromatic heterocycles. The number of carbonyl (C=O) groups excluding carboxylic acids is 1. The summed E-state index contributed by atoms with van der Waals surface area (Å²) >= 11 is 0. The van der Waals surface area contributed by atoms with Crippen LogP contribution < -0.4 is 21.4 Å². The first kappa shape index (κ1) is 26.8. The highest BCUT2D eigenvalue weighted by Gasteiger charge is 2.39. The number of carboxylic acids is 1. The predicted octanol–water partition coefficient (Wildman–Crippen LogP) is 3.47. The Morgan fingerprint density at radius 2 is 1.81 bits per heavy atom. The van der Waals surface area contributed by atoms with Crippen LogP contribution in [0.4, 0.5) is 33.3 Å². The van der Waals surface area contributed by atoms with Gasteiger partial charge in [-0.05, 0) is 31.2 Å². The van der Waals surface area contributed by atoms with Crippen molar-refractivity contribution in [2.24, 2.45) is 11.8 Å². The topological polar surface area (TPSA) is 118 Å². The molecule has 0 unspecified atom stereocenters. The zero-order chi connectivity index (χ0) is 27.2. The number of alkyl halides is 3. The van der Waals surface area contributed by atoms with Crippen molar-refractivity contribution >= 4 is 34.0 Å². The number of rotatable bonds is 9. The highest BCUT2D eigenvalue weighted by molar-refractivity contribution is 5.99. The van der Waals surface area contributed by atoms with Crippen molar-refractivity contribution in [3.8, 4) is 0 Å². The Labute approximate surface area is 208 Å². The van der Waals surface area contributed by atoms with Gasteiger partial charge >= 0.3 is 12.1 Å². The van der Waals surface area contributed by atoms with Crippen LogP contribution in [0.2, 0.25) is 0 Å². The second-order valence-electron chi connectivity index (χ2n) is 9.64. The molecule has 4 N–H and O–H groups in total. The van der Waals surface area contributed by atoms with Gasteiger partial charge in [0, 0.05) is 38.3 Å². The van der Waals surface area contributed by atoms with Gasteiger partial charge in [0.1, 0.15) is 11.3 Å². The van der Waals surface area contributed by atoms with Crippen LogP contribution in [0.1, 0.15) is 49.0 Å². The summed E-state index contributed by atoms with van der Waals surface area (Å²) in [6.07, 6.45) is -2.63. The Bertz CT molecular complexity index is 1310. The lowest BCUT2D eigenvalue weighted by molar-refractivity contribution is -0.170. The first-order chi connectivity index (χ1) is 17.4. The lowest BCUT2D eigenvalue weighted by atomic mass is 9.94. The van der Waals surface area contributed by atoms with Gasteiger partial charge in [-0.2, -0.15) is 13.2 Å². The fourth-order valence-electron chi connectivity index (χ4n) is 5.07. The second-order valence-corrected chi connectivity index (χ2v) is 9.64. The number of benzene rings is 1. The van der Waals surface area contributed by atoms with Crippen molar-refractivity contribution in [1.82, 2.24) is 9.88 Å². The van der Waals surface area contributed by atoms with Crippen molar-refractivity contribution in [3.05, 3.63) is 33.6 Å². The van der Waals surface area contributed by atoms with E-state index in [1.165, 1.54) is 9.47 Å². The number of nitrogen functional groups attached to an aromatic ring is 1. The number of carbonyl (C=O) groups is 2. The summed E-state index contributed by atoms with van der Waals surface area (Å²) in [5.74, 6) is -5.76. The summed E-state index contributed by atoms with van der Waals surface area (Å²) in [7, 11) is 0. The van der Waals surface area contributed by atoms with Crippen LogP contribution >= 0.6 is 0 Å². The lowest BCUT2D eigenvalue weighted by Crippen LogP contribution is -2.32. The van der Waals surface area contributed by atoms with Gasteiger partial charge in [0.2, 0.25) is 11.2 Å². The molecule has 2 fully saturated rings. The van der Waals surface area contributed by atoms with Gasteiger partial charge in [-0.3, -0.25) is 9.59 Å². The number of carboxylic acid groups (broad SMARTS) is 1. The standard InChI is InChI=1S/C24H27F5N4O4/c1-2-11-8-32(9-12(11)7-31-6-5-15(34)24(27,28)29)21-17(25)19(30)16-20(18(21)26)33(13-3-4-13)10-14(22(16)35)23(36)37/h10-13,31H,2-9,30H2,1H3,(H,36,37)/t11-,12+/m0/s1. The van der Waals surface area contributed by atoms with E-state index in [1.807, 2.05) is 6.92 Å². The van der Waals surface area contributed by atoms with Crippen molar-refractivity contribution < 1.29 is 36.6 Å². The average Bonchev–Trinajstić information content (AvgIpc) is 3.59. The minimum absolute atomic E-state index is 0.0541. The van der Waals surface area contributed by atoms with E-state index >= 15 is 8.78 Å². The molecular weight excluding hydrogens is 503 g/mol. The zero-order valence-corrected chi connectivity index (χ0v) is 20.0. The van der Waals surface area contributed by atoms with E-state index in [1.54, 1.807) is 0 Å². The van der Waals surface area contributed by atoms with E-state index in [0.717, 1.165) is 6.20 Å². The monoisotopic (exact) mass is 530 g/mol. The molecule has 1 aliphatic heterocycles. The van der Waals surface area contributed by atoms with Crippen molar-refractivity contribution in [3.63, 3.8) is 0 Å². The van der Waals surface area contributed by atoms with Crippen molar-refractivity contribution in [1.29, 1.82) is 0 Å². The molecule has 0 amide bonds. The molecule has 1 saturated carbocycles. The van der Waals surface area contributed by atoms with E-state index < -0.39 is 63.7 Å². The molecule has 1 aliphatic carbocycles. The molecule has 2 aromatic rings. The molecule has 2 aliphatic rings. The Morgan fingerprint density at radius 1 is 1.16 bits per heavy atom. The number of ketones is 1. The molecule has 0 bridgehead atoms. The van der Waals surface area contributed by atoms with Crippen molar-refractivity contribution in [2.75, 3.05) is 36.8 Å². The molecule has 0 radical (unpaired) electrons. The average molecular weight is 530 g/mol. The van der Waals surface area contributed by atoms with Crippen LogP contribution in [-0.2, 0) is 4.79 Å². The number of nitrogens with two attached hydrogens (primary N) is 1. The number of Topliss-reactive ketones (excluding diaryl/α,β-unsaturated/α-hetero) is 1. The summed E-state index contributed by atoms with van der Waals surface area (Å²) in [4.78, 5) is 36.9. The minimum Gasteiger partial charge on any atom is -0.477 e. The molecule has 8 nitrogen and oxygen atoms in total. The number of aromatic nitrogens is 1. The van der Waals surface area contributed by atoms with E-state index in [9.17, 15) is 32.7 Å². The Kier molecular flexibility index (Phi) is 7.19. The summed E-state index contributed by atoms with van der Waals surface area (Å²) in [5, 5.41) is 11.7. The lowest BCUT2D eigenvalue weighted by Gasteiger charge is -2.24. The molecule has 1 aromatic carbocycles. The smallest absolute Gasteiger partial charge is 0.450 e. The first-order valence-corrected chi connectivity index (χ1v) is 12.0.